The van der Waals surface area contributed by atoms with Crippen molar-refractivity contribution < 1.29 is 18.9 Å². The first kappa shape index (κ1) is 23.3. The molecule has 1 fully saturated rings. The maximum Gasteiger partial charge on any atom is 0.410 e. The number of ether oxygens (including phenoxy) is 1. The van der Waals surface area contributed by atoms with Crippen LogP contribution in [-0.2, 0) is 9.16 Å². The second-order valence-corrected chi connectivity index (χ2v) is 15.0. The number of likely N-dealkylation sites (tertiary alicyclic amines) is 1. The molecular formula is C19H34N4O5Si. The molecule has 0 radical (unpaired) electrons. The lowest BCUT2D eigenvalue weighted by atomic mass is 10.0. The molecule has 0 aromatic carbocycles. The number of hydrogen-bond donors (Lipinski definition) is 0. The molecule has 0 spiro atoms. The highest BCUT2D eigenvalue weighted by Crippen LogP contribution is 2.39. The Kier molecular flexibility index (Phi) is 6.48. The first-order valence-electron chi connectivity index (χ1n) is 9.93. The molecule has 1 saturated heterocycles. The van der Waals surface area contributed by atoms with Crippen LogP contribution in [0.1, 0.15) is 54.0 Å². The van der Waals surface area contributed by atoms with Gasteiger partial charge in [0, 0.05) is 13.1 Å². The number of aromatic nitrogens is 2. The van der Waals surface area contributed by atoms with E-state index in [-0.39, 0.29) is 22.9 Å². The van der Waals surface area contributed by atoms with Gasteiger partial charge in [-0.1, -0.05) is 20.8 Å². The van der Waals surface area contributed by atoms with E-state index in [2.05, 4.69) is 39.0 Å². The van der Waals surface area contributed by atoms with E-state index < -0.39 is 24.9 Å². The van der Waals surface area contributed by atoms with Crippen LogP contribution >= 0.6 is 0 Å². The summed E-state index contributed by atoms with van der Waals surface area (Å²) in [6, 6.07) is -0.222. The maximum atomic E-state index is 12.7. The Morgan fingerprint density at radius 2 is 1.86 bits per heavy atom. The van der Waals surface area contributed by atoms with Crippen LogP contribution in [0.15, 0.2) is 12.4 Å². The van der Waals surface area contributed by atoms with Gasteiger partial charge in [-0.05, 0) is 45.3 Å². The average molecular weight is 427 g/mol. The van der Waals surface area contributed by atoms with Crippen molar-refractivity contribution in [1.82, 2.24) is 14.7 Å². The number of nitrogens with zero attached hydrogens (tertiary/aromatic N) is 4. The van der Waals surface area contributed by atoms with Gasteiger partial charge in [0.25, 0.3) is 0 Å². The number of carbonyl (C=O) groups is 1. The normalized spacial score (nSPS) is 21.2. The van der Waals surface area contributed by atoms with E-state index in [1.54, 1.807) is 9.58 Å². The van der Waals surface area contributed by atoms with Gasteiger partial charge in [-0.3, -0.25) is 14.8 Å². The van der Waals surface area contributed by atoms with Crippen LogP contribution in [0, 0.1) is 10.1 Å². The van der Waals surface area contributed by atoms with Gasteiger partial charge in [0.05, 0.1) is 17.1 Å². The molecule has 10 heteroatoms. The predicted octanol–water partition coefficient (Wildman–Crippen LogP) is 4.36. The Hall–Kier alpha value is -1.94. The van der Waals surface area contributed by atoms with Gasteiger partial charge in [-0.25, -0.2) is 4.79 Å². The molecule has 0 bridgehead atoms. The Morgan fingerprint density at radius 1 is 1.24 bits per heavy atom. The summed E-state index contributed by atoms with van der Waals surface area (Å²) >= 11 is 0. The molecule has 2 rings (SSSR count). The van der Waals surface area contributed by atoms with Gasteiger partial charge in [0.1, 0.15) is 18.0 Å². The van der Waals surface area contributed by atoms with Crippen LogP contribution in [0.4, 0.5) is 10.5 Å². The maximum absolute atomic E-state index is 12.7. The van der Waals surface area contributed by atoms with Crippen LogP contribution < -0.4 is 0 Å². The van der Waals surface area contributed by atoms with Crippen molar-refractivity contribution in [3.05, 3.63) is 22.5 Å². The van der Waals surface area contributed by atoms with Crippen molar-refractivity contribution in [2.24, 2.45) is 0 Å². The molecule has 164 valence electrons. The SMILES string of the molecule is CC(C)(C)OC(=O)N1C[C@H](O[Si](C)(C)C(C)(C)C)C[C@H](n2cc([N+](=O)[O-])cn2)C1. The average Bonchev–Trinajstić information content (AvgIpc) is 3.01. The number of hydrogen-bond acceptors (Lipinski definition) is 6. The molecule has 0 saturated carbocycles. The monoisotopic (exact) mass is 426 g/mol. The van der Waals surface area contributed by atoms with Gasteiger partial charge >= 0.3 is 11.8 Å². The summed E-state index contributed by atoms with van der Waals surface area (Å²) in [5.41, 5.74) is -0.675. The molecule has 1 amide bonds. The zero-order valence-electron chi connectivity index (χ0n) is 18.8. The lowest BCUT2D eigenvalue weighted by Gasteiger charge is -2.44. The lowest BCUT2D eigenvalue weighted by Crippen LogP contribution is -2.53. The molecule has 1 aromatic rings. The second-order valence-electron chi connectivity index (χ2n) is 10.2. The number of rotatable bonds is 4. The Bertz CT molecular complexity index is 751. The summed E-state index contributed by atoms with van der Waals surface area (Å²) in [4.78, 5) is 24.9. The number of amides is 1. The fourth-order valence-corrected chi connectivity index (χ4v) is 4.35. The summed E-state index contributed by atoms with van der Waals surface area (Å²) in [5, 5.41) is 15.2. The molecule has 1 aliphatic heterocycles. The summed E-state index contributed by atoms with van der Waals surface area (Å²) in [6.45, 7) is 17.1. The van der Waals surface area contributed by atoms with Crippen molar-refractivity contribution in [3.63, 3.8) is 0 Å². The first-order chi connectivity index (χ1) is 13.1. The topological polar surface area (TPSA) is 99.7 Å². The summed E-state index contributed by atoms with van der Waals surface area (Å²) in [7, 11) is -2.06. The van der Waals surface area contributed by atoms with Gasteiger partial charge < -0.3 is 14.1 Å². The largest absolute Gasteiger partial charge is 0.444 e. The molecule has 29 heavy (non-hydrogen) atoms. The molecule has 0 N–H and O–H groups in total. The number of carbonyl (C=O) groups excluding carboxylic acids is 1. The molecule has 0 unspecified atom stereocenters. The minimum Gasteiger partial charge on any atom is -0.444 e. The zero-order valence-corrected chi connectivity index (χ0v) is 19.8. The van der Waals surface area contributed by atoms with Gasteiger partial charge in [0.15, 0.2) is 8.32 Å². The van der Waals surface area contributed by atoms with E-state index in [0.29, 0.717) is 19.5 Å². The first-order valence-corrected chi connectivity index (χ1v) is 12.8. The number of nitro groups is 1. The van der Waals surface area contributed by atoms with Crippen molar-refractivity contribution in [2.75, 3.05) is 13.1 Å². The molecule has 0 aliphatic carbocycles. The fourth-order valence-electron chi connectivity index (χ4n) is 3.00. The molecule has 2 heterocycles. The quantitative estimate of drug-likeness (QED) is 0.403. The van der Waals surface area contributed by atoms with Crippen LogP contribution in [0.5, 0.6) is 0 Å². The van der Waals surface area contributed by atoms with Crippen molar-refractivity contribution in [2.45, 2.75) is 83.8 Å². The van der Waals surface area contributed by atoms with Crippen molar-refractivity contribution in [1.29, 1.82) is 0 Å². The third-order valence-electron chi connectivity index (χ3n) is 5.48. The molecule has 1 aromatic heterocycles. The van der Waals surface area contributed by atoms with Crippen LogP contribution in [0.2, 0.25) is 18.1 Å². The third-order valence-corrected chi connectivity index (χ3v) is 10.0. The Labute approximate surface area is 173 Å². The van der Waals surface area contributed by atoms with E-state index in [0.717, 1.165) is 0 Å². The standard InChI is InChI=1S/C19H34N4O5Si/c1-18(2,3)27-17(24)21-11-14(22-12-15(10-20-22)23(25)26)9-16(13-21)28-29(7,8)19(4,5)6/h10,12,14,16H,9,11,13H2,1-8H3/t14-,16+/m0/s1. The summed E-state index contributed by atoms with van der Waals surface area (Å²) in [6.07, 6.45) is 2.67. The fraction of sp³-hybridized carbons (Fsp3) is 0.789. The molecule has 9 nitrogen and oxygen atoms in total. The highest BCUT2D eigenvalue weighted by Gasteiger charge is 2.42. The van der Waals surface area contributed by atoms with Gasteiger partial charge in [-0.15, -0.1) is 0 Å². The van der Waals surface area contributed by atoms with Gasteiger partial charge in [0.2, 0.25) is 0 Å². The lowest BCUT2D eigenvalue weighted by molar-refractivity contribution is -0.385. The van der Waals surface area contributed by atoms with Crippen LogP contribution in [-0.4, -0.2) is 58.8 Å². The van der Waals surface area contributed by atoms with E-state index in [9.17, 15) is 14.9 Å². The second kappa shape index (κ2) is 8.06. The van der Waals surface area contributed by atoms with E-state index >= 15 is 0 Å². The zero-order chi connectivity index (χ0) is 22.2. The Morgan fingerprint density at radius 3 is 2.34 bits per heavy atom. The highest BCUT2D eigenvalue weighted by molar-refractivity contribution is 6.74. The minimum absolute atomic E-state index is 0.0289. The van der Waals surface area contributed by atoms with Gasteiger partial charge in [-0.2, -0.15) is 5.10 Å². The van der Waals surface area contributed by atoms with Crippen molar-refractivity contribution in [3.8, 4) is 0 Å². The predicted molar refractivity (Wildman–Crippen MR) is 112 cm³/mol. The van der Waals surface area contributed by atoms with Crippen LogP contribution in [0.3, 0.4) is 0 Å². The Balaban J connectivity index is 2.27. The van der Waals surface area contributed by atoms with Crippen molar-refractivity contribution >= 4 is 20.1 Å². The molecule has 2 atom stereocenters. The molecule has 1 aliphatic rings. The van der Waals surface area contributed by atoms with E-state index in [4.69, 9.17) is 9.16 Å². The summed E-state index contributed by atoms with van der Waals surface area (Å²) < 4.78 is 13.7. The minimum atomic E-state index is -2.06. The molecular weight excluding hydrogens is 392 g/mol. The third kappa shape index (κ3) is 6.02. The van der Waals surface area contributed by atoms with E-state index in [1.807, 2.05) is 20.8 Å². The summed E-state index contributed by atoms with van der Waals surface area (Å²) in [5.74, 6) is 0. The van der Waals surface area contributed by atoms with Crippen LogP contribution in [0.25, 0.3) is 0 Å². The highest BCUT2D eigenvalue weighted by atomic mass is 28.4. The smallest absolute Gasteiger partial charge is 0.410 e. The van der Waals surface area contributed by atoms with E-state index in [1.165, 1.54) is 12.4 Å². The number of piperidine rings is 1.